The van der Waals surface area contributed by atoms with Gasteiger partial charge in [0.2, 0.25) is 5.91 Å². The van der Waals surface area contributed by atoms with Gasteiger partial charge in [-0.05, 0) is 68.4 Å². The van der Waals surface area contributed by atoms with Crippen molar-refractivity contribution in [2.24, 2.45) is 17.8 Å². The third kappa shape index (κ3) is 2.59. The molecule has 1 amide bonds. The largest absolute Gasteiger partial charge is 0.365 e. The minimum absolute atomic E-state index is 0.0311. The van der Waals surface area contributed by atoms with Crippen LogP contribution in [-0.2, 0) is 4.79 Å². The molecule has 4 aliphatic rings. The van der Waals surface area contributed by atoms with E-state index < -0.39 is 0 Å². The molecule has 4 heteroatoms. The summed E-state index contributed by atoms with van der Waals surface area (Å²) >= 11 is 0. The predicted octanol–water partition coefficient (Wildman–Crippen LogP) is 3.81. The van der Waals surface area contributed by atoms with Gasteiger partial charge in [-0.2, -0.15) is 0 Å². The summed E-state index contributed by atoms with van der Waals surface area (Å²) in [6.07, 6.45) is 10.6. The average Bonchev–Trinajstić information content (AvgIpc) is 2.47. The van der Waals surface area contributed by atoms with Gasteiger partial charge in [0.1, 0.15) is 5.82 Å². The molecule has 1 aromatic rings. The highest BCUT2D eigenvalue weighted by Crippen LogP contribution is 2.56. The summed E-state index contributed by atoms with van der Waals surface area (Å²) in [5, 5.41) is 6.61. The van der Waals surface area contributed by atoms with Crippen molar-refractivity contribution < 1.29 is 4.79 Å². The Morgan fingerprint density at radius 3 is 2.32 bits per heavy atom. The van der Waals surface area contributed by atoms with Crippen molar-refractivity contribution in [1.82, 2.24) is 4.98 Å². The Hall–Kier alpha value is -1.58. The van der Waals surface area contributed by atoms with Crippen LogP contribution in [0.25, 0.3) is 0 Å². The zero-order valence-electron chi connectivity index (χ0n) is 13.3. The minimum atomic E-state index is 0.0311. The molecule has 1 heterocycles. The van der Waals surface area contributed by atoms with Gasteiger partial charge in [-0.3, -0.25) is 4.79 Å². The summed E-state index contributed by atoms with van der Waals surface area (Å²) in [7, 11) is 0. The molecule has 5 rings (SSSR count). The number of aromatic nitrogens is 1. The number of amides is 1. The highest BCUT2D eigenvalue weighted by Gasteiger charge is 2.50. The number of pyridine rings is 1. The normalized spacial score (nSPS) is 35.4. The smallest absolute Gasteiger partial charge is 0.224 e. The first-order valence-electron chi connectivity index (χ1n) is 8.68. The van der Waals surface area contributed by atoms with Crippen LogP contribution in [0.5, 0.6) is 0 Å². The molecule has 0 spiro atoms. The molecule has 1 aromatic heterocycles. The average molecular weight is 299 g/mol. The topological polar surface area (TPSA) is 54.0 Å². The predicted molar refractivity (Wildman–Crippen MR) is 87.7 cm³/mol. The highest BCUT2D eigenvalue weighted by molar-refractivity contribution is 5.90. The number of carbonyl (C=O) groups is 1. The Morgan fingerprint density at radius 1 is 1.18 bits per heavy atom. The lowest BCUT2D eigenvalue weighted by Gasteiger charge is -2.57. The van der Waals surface area contributed by atoms with Crippen LogP contribution in [0.4, 0.5) is 11.5 Å². The molecule has 0 radical (unpaired) electrons. The molecular weight excluding hydrogens is 274 g/mol. The highest BCUT2D eigenvalue weighted by atomic mass is 16.1. The Kier molecular flexibility index (Phi) is 3.35. The molecule has 4 bridgehead atoms. The van der Waals surface area contributed by atoms with Crippen LogP contribution in [0.15, 0.2) is 18.3 Å². The molecule has 2 N–H and O–H groups in total. The van der Waals surface area contributed by atoms with Crippen LogP contribution in [0.3, 0.4) is 0 Å². The molecule has 4 nitrogen and oxygen atoms in total. The van der Waals surface area contributed by atoms with Crippen molar-refractivity contribution in [3.8, 4) is 0 Å². The number of carbonyl (C=O) groups excluding carboxylic acids is 1. The minimum Gasteiger partial charge on any atom is -0.365 e. The van der Waals surface area contributed by atoms with E-state index in [2.05, 4.69) is 15.6 Å². The van der Waals surface area contributed by atoms with Crippen molar-refractivity contribution >= 4 is 17.4 Å². The van der Waals surface area contributed by atoms with E-state index in [-0.39, 0.29) is 11.4 Å². The first kappa shape index (κ1) is 14.0. The third-order valence-corrected chi connectivity index (χ3v) is 5.80. The van der Waals surface area contributed by atoms with Crippen molar-refractivity contribution in [3.05, 3.63) is 18.3 Å². The van der Waals surface area contributed by atoms with Crippen LogP contribution >= 0.6 is 0 Å². The van der Waals surface area contributed by atoms with E-state index in [9.17, 15) is 4.79 Å². The monoisotopic (exact) mass is 299 g/mol. The molecule has 0 aliphatic heterocycles. The fraction of sp³-hybridized carbons (Fsp3) is 0.667. The standard InChI is InChI=1S/C18H25N3O/c1-2-17(22)20-15-3-4-16(19-11-15)21-18-8-12-5-13(9-18)7-14(6-12)10-18/h3-4,11-14H,2,5-10H2,1H3,(H,19,21)(H,20,22). The lowest BCUT2D eigenvalue weighted by Crippen LogP contribution is -2.54. The number of hydrogen-bond acceptors (Lipinski definition) is 3. The number of hydrogen-bond donors (Lipinski definition) is 2. The summed E-state index contributed by atoms with van der Waals surface area (Å²) in [6, 6.07) is 3.95. The van der Waals surface area contributed by atoms with Crippen LogP contribution < -0.4 is 10.6 Å². The fourth-order valence-corrected chi connectivity index (χ4v) is 5.33. The zero-order chi connectivity index (χ0) is 15.2. The van der Waals surface area contributed by atoms with Crippen molar-refractivity contribution in [2.75, 3.05) is 10.6 Å². The van der Waals surface area contributed by atoms with Crippen LogP contribution in [-0.4, -0.2) is 16.4 Å². The number of rotatable bonds is 4. The summed E-state index contributed by atoms with van der Waals surface area (Å²) in [5.74, 6) is 3.78. The summed E-state index contributed by atoms with van der Waals surface area (Å²) in [4.78, 5) is 15.9. The number of nitrogens with one attached hydrogen (secondary N) is 2. The first-order chi connectivity index (χ1) is 10.6. The molecule has 4 saturated carbocycles. The molecule has 22 heavy (non-hydrogen) atoms. The van der Waals surface area contributed by atoms with Gasteiger partial charge in [0, 0.05) is 12.0 Å². The SMILES string of the molecule is CCC(=O)Nc1ccc(NC23CC4CC(CC(C4)C2)C3)nc1. The van der Waals surface area contributed by atoms with Crippen molar-refractivity contribution in [3.63, 3.8) is 0 Å². The number of nitrogens with zero attached hydrogens (tertiary/aromatic N) is 1. The molecule has 0 saturated heterocycles. The Morgan fingerprint density at radius 2 is 1.82 bits per heavy atom. The van der Waals surface area contributed by atoms with Crippen LogP contribution in [0, 0.1) is 17.8 Å². The second-order valence-corrected chi connectivity index (χ2v) is 7.66. The van der Waals surface area contributed by atoms with Gasteiger partial charge in [0.05, 0.1) is 11.9 Å². The zero-order valence-corrected chi connectivity index (χ0v) is 13.3. The van der Waals surface area contributed by atoms with Crippen molar-refractivity contribution in [2.45, 2.75) is 57.4 Å². The van der Waals surface area contributed by atoms with Gasteiger partial charge in [0.15, 0.2) is 0 Å². The van der Waals surface area contributed by atoms with Gasteiger partial charge in [0.25, 0.3) is 0 Å². The van der Waals surface area contributed by atoms with Crippen molar-refractivity contribution in [1.29, 1.82) is 0 Å². The van der Waals surface area contributed by atoms with Gasteiger partial charge >= 0.3 is 0 Å². The maximum atomic E-state index is 11.4. The maximum Gasteiger partial charge on any atom is 0.224 e. The Bertz CT molecular complexity index is 531. The second-order valence-electron chi connectivity index (χ2n) is 7.66. The Labute approximate surface area is 132 Å². The van der Waals surface area contributed by atoms with Crippen LogP contribution in [0.2, 0.25) is 0 Å². The van der Waals surface area contributed by atoms with Gasteiger partial charge in [-0.15, -0.1) is 0 Å². The molecule has 118 valence electrons. The quantitative estimate of drug-likeness (QED) is 0.889. The summed E-state index contributed by atoms with van der Waals surface area (Å²) in [6.45, 7) is 1.85. The second kappa shape index (κ2) is 5.25. The first-order valence-corrected chi connectivity index (χ1v) is 8.68. The number of anilines is 2. The molecular formula is C18H25N3O. The van der Waals surface area contributed by atoms with E-state index in [1.807, 2.05) is 19.1 Å². The van der Waals surface area contributed by atoms with Gasteiger partial charge in [-0.1, -0.05) is 6.92 Å². The lowest BCUT2D eigenvalue weighted by atomic mass is 9.53. The maximum absolute atomic E-state index is 11.4. The molecule has 0 aromatic carbocycles. The van der Waals surface area contributed by atoms with E-state index in [4.69, 9.17) is 0 Å². The molecule has 4 fully saturated rings. The van der Waals surface area contributed by atoms with E-state index >= 15 is 0 Å². The third-order valence-electron chi connectivity index (χ3n) is 5.80. The summed E-state index contributed by atoms with van der Waals surface area (Å²) in [5.41, 5.74) is 1.07. The van der Waals surface area contributed by atoms with E-state index in [1.54, 1.807) is 6.20 Å². The van der Waals surface area contributed by atoms with Gasteiger partial charge < -0.3 is 10.6 Å². The van der Waals surface area contributed by atoms with E-state index in [0.29, 0.717) is 6.42 Å². The Balaban J connectivity index is 1.46. The molecule has 0 unspecified atom stereocenters. The lowest BCUT2D eigenvalue weighted by molar-refractivity contribution is -0.115. The van der Waals surface area contributed by atoms with Gasteiger partial charge in [-0.25, -0.2) is 4.98 Å². The van der Waals surface area contributed by atoms with E-state index in [0.717, 1.165) is 29.3 Å². The molecule has 0 atom stereocenters. The molecule has 4 aliphatic carbocycles. The fourth-order valence-electron chi connectivity index (χ4n) is 5.33. The van der Waals surface area contributed by atoms with Crippen LogP contribution in [0.1, 0.15) is 51.9 Å². The summed E-state index contributed by atoms with van der Waals surface area (Å²) < 4.78 is 0. The van der Waals surface area contributed by atoms with E-state index in [1.165, 1.54) is 38.5 Å².